The minimum absolute atomic E-state index is 0.247. The quantitative estimate of drug-likeness (QED) is 0.712. The second kappa shape index (κ2) is 3.39. The molecule has 0 N–H and O–H groups in total. The van der Waals surface area contributed by atoms with Crippen LogP contribution < -0.4 is 0 Å². The van der Waals surface area contributed by atoms with Gasteiger partial charge in [-0.05, 0) is 25.3 Å². The van der Waals surface area contributed by atoms with Crippen molar-refractivity contribution in [3.05, 3.63) is 35.4 Å². The molecule has 0 unspecified atom stereocenters. The van der Waals surface area contributed by atoms with Gasteiger partial charge in [0.25, 0.3) is 0 Å². The van der Waals surface area contributed by atoms with Crippen LogP contribution in [0.25, 0.3) is 0 Å². The van der Waals surface area contributed by atoms with Crippen molar-refractivity contribution in [2.75, 3.05) is 5.75 Å². The maximum Gasteiger partial charge on any atom is 0.157 e. The Morgan fingerprint density at radius 1 is 1.21 bits per heavy atom. The van der Waals surface area contributed by atoms with Crippen molar-refractivity contribution >= 4 is 9.84 Å². The van der Waals surface area contributed by atoms with Crippen molar-refractivity contribution < 1.29 is 8.42 Å². The molecule has 1 heterocycles. The average molecular weight is 210 g/mol. The summed E-state index contributed by atoms with van der Waals surface area (Å²) in [5.41, 5.74) is 2.12. The number of aryl methyl sites for hydroxylation is 1. The van der Waals surface area contributed by atoms with E-state index in [1.807, 2.05) is 31.2 Å². The Bertz CT molecular complexity index is 417. The van der Waals surface area contributed by atoms with Gasteiger partial charge in [0.1, 0.15) is 0 Å². The Morgan fingerprint density at radius 3 is 2.36 bits per heavy atom. The molecule has 0 radical (unpaired) electrons. The molecular weight excluding hydrogens is 196 g/mol. The van der Waals surface area contributed by atoms with E-state index in [2.05, 4.69) is 0 Å². The number of hydrogen-bond acceptors (Lipinski definition) is 2. The molecule has 14 heavy (non-hydrogen) atoms. The smallest absolute Gasteiger partial charge is 0.157 e. The van der Waals surface area contributed by atoms with Gasteiger partial charge in [-0.1, -0.05) is 29.8 Å². The summed E-state index contributed by atoms with van der Waals surface area (Å²) in [6, 6.07) is 7.82. The summed E-state index contributed by atoms with van der Waals surface area (Å²) < 4.78 is 23.3. The van der Waals surface area contributed by atoms with E-state index < -0.39 is 9.84 Å². The Morgan fingerprint density at radius 2 is 1.86 bits per heavy atom. The van der Waals surface area contributed by atoms with Crippen LogP contribution in [0.1, 0.15) is 29.2 Å². The zero-order valence-corrected chi connectivity index (χ0v) is 9.05. The Hall–Kier alpha value is -0.830. The standard InChI is InChI=1S/C11H14O2S/c1-9-4-6-10(7-5-9)11-3-2-8-14(11,12)13/h4-7,11H,2-3,8H2,1H3/t11-/m0/s1. The van der Waals surface area contributed by atoms with Gasteiger partial charge in [0.2, 0.25) is 0 Å². The highest BCUT2D eigenvalue weighted by Gasteiger charge is 2.32. The van der Waals surface area contributed by atoms with Crippen molar-refractivity contribution in [2.24, 2.45) is 0 Å². The molecule has 76 valence electrons. The maximum absolute atomic E-state index is 11.6. The monoisotopic (exact) mass is 210 g/mol. The van der Waals surface area contributed by atoms with Crippen LogP contribution in [0.2, 0.25) is 0 Å². The molecule has 3 heteroatoms. The van der Waals surface area contributed by atoms with E-state index in [0.717, 1.165) is 18.4 Å². The number of rotatable bonds is 1. The summed E-state index contributed by atoms with van der Waals surface area (Å²) in [4.78, 5) is 0. The molecule has 1 aliphatic rings. The van der Waals surface area contributed by atoms with Gasteiger partial charge in [0.05, 0.1) is 11.0 Å². The second-order valence-electron chi connectivity index (χ2n) is 3.91. The fourth-order valence-electron chi connectivity index (χ4n) is 1.95. The maximum atomic E-state index is 11.6. The molecular formula is C11H14O2S. The SMILES string of the molecule is Cc1ccc([C@@H]2CCCS2(=O)=O)cc1. The van der Waals surface area contributed by atoms with Crippen molar-refractivity contribution in [1.29, 1.82) is 0 Å². The Balaban J connectivity index is 2.36. The first-order valence-corrected chi connectivity index (χ1v) is 6.59. The van der Waals surface area contributed by atoms with E-state index in [1.54, 1.807) is 0 Å². The zero-order chi connectivity index (χ0) is 10.2. The molecule has 2 rings (SSSR count). The predicted octanol–water partition coefficient (Wildman–Crippen LogP) is 2.24. The van der Waals surface area contributed by atoms with Crippen LogP contribution in [0, 0.1) is 6.92 Å². The molecule has 0 aromatic heterocycles. The highest BCUT2D eigenvalue weighted by Crippen LogP contribution is 2.34. The molecule has 1 aromatic carbocycles. The second-order valence-corrected chi connectivity index (χ2v) is 6.21. The van der Waals surface area contributed by atoms with E-state index in [9.17, 15) is 8.42 Å². The van der Waals surface area contributed by atoms with Gasteiger partial charge < -0.3 is 0 Å². The first kappa shape index (κ1) is 9.71. The number of sulfone groups is 1. The van der Waals surface area contributed by atoms with Crippen molar-refractivity contribution in [3.8, 4) is 0 Å². The van der Waals surface area contributed by atoms with Gasteiger partial charge in [-0.2, -0.15) is 0 Å². The largest absolute Gasteiger partial charge is 0.228 e. The van der Waals surface area contributed by atoms with E-state index in [-0.39, 0.29) is 5.25 Å². The molecule has 0 spiro atoms. The first-order valence-electron chi connectivity index (χ1n) is 4.88. The molecule has 1 atom stereocenters. The molecule has 1 saturated heterocycles. The van der Waals surface area contributed by atoms with Gasteiger partial charge >= 0.3 is 0 Å². The normalized spacial score (nSPS) is 25.1. The summed E-state index contributed by atoms with van der Waals surface area (Å²) in [5.74, 6) is 0.353. The van der Waals surface area contributed by atoms with Crippen LogP contribution in [0.4, 0.5) is 0 Å². The fraction of sp³-hybridized carbons (Fsp3) is 0.455. The summed E-state index contributed by atoms with van der Waals surface area (Å²) >= 11 is 0. The van der Waals surface area contributed by atoms with E-state index in [0.29, 0.717) is 5.75 Å². The third-order valence-electron chi connectivity index (χ3n) is 2.78. The summed E-state index contributed by atoms with van der Waals surface area (Å²) in [6.45, 7) is 2.01. The number of benzene rings is 1. The lowest BCUT2D eigenvalue weighted by molar-refractivity contribution is 0.592. The van der Waals surface area contributed by atoms with Crippen LogP contribution in [-0.2, 0) is 9.84 Å². The van der Waals surface area contributed by atoms with E-state index in [1.165, 1.54) is 5.56 Å². The Labute approximate surface area is 84.9 Å². The van der Waals surface area contributed by atoms with Crippen LogP contribution in [0.15, 0.2) is 24.3 Å². The van der Waals surface area contributed by atoms with Crippen LogP contribution in [-0.4, -0.2) is 14.2 Å². The van der Waals surface area contributed by atoms with E-state index in [4.69, 9.17) is 0 Å². The fourth-order valence-corrected chi connectivity index (χ4v) is 3.90. The highest BCUT2D eigenvalue weighted by atomic mass is 32.2. The lowest BCUT2D eigenvalue weighted by atomic mass is 10.1. The Kier molecular flexibility index (Phi) is 2.35. The van der Waals surface area contributed by atoms with Gasteiger partial charge in [-0.15, -0.1) is 0 Å². The van der Waals surface area contributed by atoms with Crippen LogP contribution in [0.3, 0.4) is 0 Å². The summed E-state index contributed by atoms with van der Waals surface area (Å²) in [7, 11) is -2.85. The van der Waals surface area contributed by atoms with E-state index >= 15 is 0 Å². The van der Waals surface area contributed by atoms with Gasteiger partial charge in [0, 0.05) is 0 Å². The molecule has 1 aliphatic heterocycles. The van der Waals surface area contributed by atoms with Crippen molar-refractivity contribution in [3.63, 3.8) is 0 Å². The molecule has 0 aliphatic carbocycles. The summed E-state index contributed by atoms with van der Waals surface area (Å²) in [6.07, 6.45) is 1.59. The molecule has 0 saturated carbocycles. The predicted molar refractivity (Wildman–Crippen MR) is 56.9 cm³/mol. The topological polar surface area (TPSA) is 34.1 Å². The average Bonchev–Trinajstić information content (AvgIpc) is 2.47. The highest BCUT2D eigenvalue weighted by molar-refractivity contribution is 7.91. The molecule has 2 nitrogen and oxygen atoms in total. The van der Waals surface area contributed by atoms with Gasteiger partial charge in [-0.25, -0.2) is 8.42 Å². The molecule has 1 aromatic rings. The minimum atomic E-state index is -2.85. The van der Waals surface area contributed by atoms with Gasteiger partial charge in [-0.3, -0.25) is 0 Å². The lowest BCUT2D eigenvalue weighted by Crippen LogP contribution is -2.07. The number of hydrogen-bond donors (Lipinski definition) is 0. The van der Waals surface area contributed by atoms with Gasteiger partial charge in [0.15, 0.2) is 9.84 Å². The summed E-state index contributed by atoms with van der Waals surface area (Å²) in [5, 5.41) is -0.247. The lowest BCUT2D eigenvalue weighted by Gasteiger charge is -2.09. The third-order valence-corrected chi connectivity index (χ3v) is 5.01. The van der Waals surface area contributed by atoms with Crippen molar-refractivity contribution in [1.82, 2.24) is 0 Å². The first-order chi connectivity index (χ1) is 6.59. The third kappa shape index (κ3) is 1.69. The minimum Gasteiger partial charge on any atom is -0.228 e. The van der Waals surface area contributed by atoms with Crippen LogP contribution >= 0.6 is 0 Å². The molecule has 0 bridgehead atoms. The molecule has 0 amide bonds. The van der Waals surface area contributed by atoms with Crippen LogP contribution in [0.5, 0.6) is 0 Å². The molecule has 1 fully saturated rings. The zero-order valence-electron chi connectivity index (χ0n) is 8.23. The van der Waals surface area contributed by atoms with Crippen molar-refractivity contribution in [2.45, 2.75) is 25.0 Å².